The van der Waals surface area contributed by atoms with Gasteiger partial charge in [0.2, 0.25) is 0 Å². The highest BCUT2D eigenvalue weighted by molar-refractivity contribution is 7.12. The van der Waals surface area contributed by atoms with Crippen LogP contribution >= 0.6 is 11.3 Å². The van der Waals surface area contributed by atoms with Gasteiger partial charge in [-0.05, 0) is 24.5 Å². The number of aromatic nitrogens is 2. The molecule has 0 unspecified atom stereocenters. The third kappa shape index (κ3) is 3.13. The van der Waals surface area contributed by atoms with Gasteiger partial charge in [0.05, 0.1) is 11.9 Å². The SMILES string of the molecule is CCn1cc(NCc2ccc(C(C)(C)C)s2)cn1. The van der Waals surface area contributed by atoms with Crippen LogP contribution in [0, 0.1) is 0 Å². The first-order valence-electron chi connectivity index (χ1n) is 6.34. The number of nitrogens with zero attached hydrogens (tertiary/aromatic N) is 2. The van der Waals surface area contributed by atoms with E-state index in [1.54, 1.807) is 0 Å². The Morgan fingerprint density at radius 1 is 1.33 bits per heavy atom. The van der Waals surface area contributed by atoms with Gasteiger partial charge in [0.25, 0.3) is 0 Å². The number of aryl methyl sites for hydroxylation is 1. The van der Waals surface area contributed by atoms with Gasteiger partial charge in [-0.1, -0.05) is 20.8 Å². The van der Waals surface area contributed by atoms with E-state index in [-0.39, 0.29) is 5.41 Å². The van der Waals surface area contributed by atoms with Crippen LogP contribution < -0.4 is 5.32 Å². The third-order valence-corrected chi connectivity index (χ3v) is 4.34. The number of hydrogen-bond acceptors (Lipinski definition) is 3. The first-order chi connectivity index (χ1) is 8.49. The molecule has 4 heteroatoms. The smallest absolute Gasteiger partial charge is 0.0729 e. The molecule has 0 fully saturated rings. The average Bonchev–Trinajstić information content (AvgIpc) is 2.94. The lowest BCUT2D eigenvalue weighted by Gasteiger charge is -2.15. The molecule has 0 aliphatic carbocycles. The highest BCUT2D eigenvalue weighted by atomic mass is 32.1. The molecular formula is C14H21N3S. The largest absolute Gasteiger partial charge is 0.378 e. The van der Waals surface area contributed by atoms with Gasteiger partial charge in [-0.3, -0.25) is 4.68 Å². The minimum atomic E-state index is 0.246. The van der Waals surface area contributed by atoms with Gasteiger partial charge in [-0.25, -0.2) is 0 Å². The third-order valence-electron chi connectivity index (χ3n) is 2.82. The fraction of sp³-hybridized carbons (Fsp3) is 0.500. The highest BCUT2D eigenvalue weighted by Crippen LogP contribution is 2.29. The summed E-state index contributed by atoms with van der Waals surface area (Å²) in [5.74, 6) is 0. The zero-order valence-corrected chi connectivity index (χ0v) is 12.3. The molecule has 0 atom stereocenters. The van der Waals surface area contributed by atoms with E-state index < -0.39 is 0 Å². The molecule has 18 heavy (non-hydrogen) atoms. The Hall–Kier alpha value is -1.29. The van der Waals surface area contributed by atoms with Crippen molar-refractivity contribution >= 4 is 17.0 Å². The Balaban J connectivity index is 1.96. The molecule has 0 saturated heterocycles. The van der Waals surface area contributed by atoms with E-state index in [4.69, 9.17) is 0 Å². The van der Waals surface area contributed by atoms with E-state index >= 15 is 0 Å². The summed E-state index contributed by atoms with van der Waals surface area (Å²) in [5, 5.41) is 7.66. The van der Waals surface area contributed by atoms with Crippen LogP contribution in [0.2, 0.25) is 0 Å². The zero-order chi connectivity index (χ0) is 13.2. The normalized spacial score (nSPS) is 11.8. The second kappa shape index (κ2) is 5.14. The minimum absolute atomic E-state index is 0.246. The van der Waals surface area contributed by atoms with Crippen molar-refractivity contribution in [3.63, 3.8) is 0 Å². The van der Waals surface area contributed by atoms with Crippen LogP contribution in [0.5, 0.6) is 0 Å². The quantitative estimate of drug-likeness (QED) is 0.907. The van der Waals surface area contributed by atoms with Crippen molar-refractivity contribution in [3.8, 4) is 0 Å². The number of hydrogen-bond donors (Lipinski definition) is 1. The molecule has 98 valence electrons. The molecule has 2 heterocycles. The van der Waals surface area contributed by atoms with Crippen LogP contribution in [0.4, 0.5) is 5.69 Å². The lowest BCUT2D eigenvalue weighted by atomic mass is 9.95. The first-order valence-corrected chi connectivity index (χ1v) is 7.16. The topological polar surface area (TPSA) is 29.9 Å². The summed E-state index contributed by atoms with van der Waals surface area (Å²) in [6.45, 7) is 10.6. The highest BCUT2D eigenvalue weighted by Gasteiger charge is 2.15. The van der Waals surface area contributed by atoms with Gasteiger partial charge in [0.1, 0.15) is 0 Å². The van der Waals surface area contributed by atoms with Crippen molar-refractivity contribution in [1.29, 1.82) is 0 Å². The molecule has 0 amide bonds. The monoisotopic (exact) mass is 263 g/mol. The van der Waals surface area contributed by atoms with E-state index in [9.17, 15) is 0 Å². The summed E-state index contributed by atoms with van der Waals surface area (Å²) in [6.07, 6.45) is 3.92. The number of anilines is 1. The Morgan fingerprint density at radius 3 is 2.67 bits per heavy atom. The standard InChI is InChI=1S/C14H21N3S/c1-5-17-10-11(8-16-17)15-9-12-6-7-13(18-12)14(2,3)4/h6-8,10,15H,5,9H2,1-4H3. The van der Waals surface area contributed by atoms with Crippen molar-refractivity contribution in [2.24, 2.45) is 0 Å². The van der Waals surface area contributed by atoms with Crippen LogP contribution in [0.3, 0.4) is 0 Å². The Bertz CT molecular complexity index is 505. The van der Waals surface area contributed by atoms with Crippen LogP contribution in [0.15, 0.2) is 24.5 Å². The van der Waals surface area contributed by atoms with Gasteiger partial charge in [-0.2, -0.15) is 5.10 Å². The molecule has 0 bridgehead atoms. The van der Waals surface area contributed by atoms with Crippen molar-refractivity contribution in [1.82, 2.24) is 9.78 Å². The van der Waals surface area contributed by atoms with Crippen LogP contribution in [0.25, 0.3) is 0 Å². The van der Waals surface area contributed by atoms with Gasteiger partial charge >= 0.3 is 0 Å². The summed E-state index contributed by atoms with van der Waals surface area (Å²) in [5.41, 5.74) is 1.33. The van der Waals surface area contributed by atoms with Gasteiger partial charge in [0, 0.05) is 29.0 Å². The molecule has 0 aromatic carbocycles. The van der Waals surface area contributed by atoms with E-state index in [0.717, 1.165) is 18.8 Å². The van der Waals surface area contributed by atoms with Crippen LogP contribution in [-0.4, -0.2) is 9.78 Å². The van der Waals surface area contributed by atoms with Crippen molar-refractivity contribution < 1.29 is 0 Å². The molecule has 0 radical (unpaired) electrons. The summed E-state index contributed by atoms with van der Waals surface area (Å²) in [6, 6.07) is 4.44. The van der Waals surface area contributed by atoms with E-state index in [1.165, 1.54) is 9.75 Å². The van der Waals surface area contributed by atoms with Crippen molar-refractivity contribution in [2.75, 3.05) is 5.32 Å². The maximum Gasteiger partial charge on any atom is 0.0729 e. The lowest BCUT2D eigenvalue weighted by Crippen LogP contribution is -2.07. The van der Waals surface area contributed by atoms with Crippen LogP contribution in [0.1, 0.15) is 37.4 Å². The maximum absolute atomic E-state index is 4.25. The molecular weight excluding hydrogens is 242 g/mol. The van der Waals surface area contributed by atoms with Gasteiger partial charge in [0.15, 0.2) is 0 Å². The summed E-state index contributed by atoms with van der Waals surface area (Å²) >= 11 is 1.88. The van der Waals surface area contributed by atoms with Crippen molar-refractivity contribution in [3.05, 3.63) is 34.3 Å². The van der Waals surface area contributed by atoms with Crippen LogP contribution in [-0.2, 0) is 18.5 Å². The predicted molar refractivity (Wildman–Crippen MR) is 78.2 cm³/mol. The Labute approximate surface area is 113 Å². The average molecular weight is 263 g/mol. The number of rotatable bonds is 4. The Morgan fingerprint density at radius 2 is 2.11 bits per heavy atom. The van der Waals surface area contributed by atoms with E-state index in [1.807, 2.05) is 28.4 Å². The molecule has 0 saturated carbocycles. The Kier molecular flexibility index (Phi) is 3.76. The summed E-state index contributed by atoms with van der Waals surface area (Å²) in [7, 11) is 0. The summed E-state index contributed by atoms with van der Waals surface area (Å²) in [4.78, 5) is 2.80. The molecule has 0 spiro atoms. The molecule has 0 aliphatic rings. The van der Waals surface area contributed by atoms with Gasteiger partial charge in [-0.15, -0.1) is 11.3 Å². The first kappa shape index (κ1) is 13.1. The molecule has 0 aliphatic heterocycles. The zero-order valence-electron chi connectivity index (χ0n) is 11.5. The maximum atomic E-state index is 4.25. The van der Waals surface area contributed by atoms with E-state index in [0.29, 0.717) is 0 Å². The number of nitrogens with one attached hydrogen (secondary N) is 1. The molecule has 2 rings (SSSR count). The molecule has 3 nitrogen and oxygen atoms in total. The fourth-order valence-corrected chi connectivity index (χ4v) is 2.70. The lowest BCUT2D eigenvalue weighted by molar-refractivity contribution is 0.604. The van der Waals surface area contributed by atoms with Gasteiger partial charge < -0.3 is 5.32 Å². The molecule has 2 aromatic heterocycles. The molecule has 2 aromatic rings. The number of thiophene rings is 1. The second-order valence-corrected chi connectivity index (χ2v) is 6.62. The second-order valence-electron chi connectivity index (χ2n) is 5.45. The minimum Gasteiger partial charge on any atom is -0.378 e. The molecule has 1 N–H and O–H groups in total. The fourth-order valence-electron chi connectivity index (χ4n) is 1.69. The summed E-state index contributed by atoms with van der Waals surface area (Å²) < 4.78 is 1.93. The predicted octanol–water partition coefficient (Wildman–Crippen LogP) is 3.87. The van der Waals surface area contributed by atoms with Crippen molar-refractivity contribution in [2.45, 2.75) is 46.2 Å². The van der Waals surface area contributed by atoms with E-state index in [2.05, 4.69) is 50.2 Å².